The van der Waals surface area contributed by atoms with Crippen molar-refractivity contribution in [1.82, 2.24) is 4.98 Å². The molecule has 0 aliphatic heterocycles. The van der Waals surface area contributed by atoms with Crippen molar-refractivity contribution in [2.24, 2.45) is 0 Å². The number of hydrogen-bond acceptors (Lipinski definition) is 5. The van der Waals surface area contributed by atoms with Crippen LogP contribution >= 0.6 is 0 Å². The Hall–Kier alpha value is -4.17. The minimum Gasteiger partial charge on any atom is -0.473 e. The van der Waals surface area contributed by atoms with Crippen molar-refractivity contribution < 1.29 is 17.9 Å². The molecule has 166 valence electrons. The van der Waals surface area contributed by atoms with Gasteiger partial charge in [0.2, 0.25) is 5.88 Å². The predicted octanol–water partition coefficient (Wildman–Crippen LogP) is 4.71. The molecule has 33 heavy (non-hydrogen) atoms. The number of benzene rings is 3. The Bertz CT molecular complexity index is 1310. The second-order valence-electron chi connectivity index (χ2n) is 7.11. The third kappa shape index (κ3) is 5.96. The van der Waals surface area contributed by atoms with Crippen molar-refractivity contribution in [3.05, 3.63) is 114 Å². The van der Waals surface area contributed by atoms with Crippen molar-refractivity contribution in [2.75, 3.05) is 10.0 Å². The van der Waals surface area contributed by atoms with Crippen molar-refractivity contribution >= 4 is 27.3 Å². The van der Waals surface area contributed by atoms with Gasteiger partial charge in [-0.25, -0.2) is 13.4 Å². The number of amides is 1. The first kappa shape index (κ1) is 22.0. The predicted molar refractivity (Wildman–Crippen MR) is 127 cm³/mol. The largest absolute Gasteiger partial charge is 0.473 e. The highest BCUT2D eigenvalue weighted by molar-refractivity contribution is 7.92. The van der Waals surface area contributed by atoms with Gasteiger partial charge >= 0.3 is 0 Å². The molecule has 0 radical (unpaired) electrons. The van der Waals surface area contributed by atoms with Gasteiger partial charge in [-0.2, -0.15) is 0 Å². The van der Waals surface area contributed by atoms with Gasteiger partial charge in [0, 0.05) is 17.3 Å². The summed E-state index contributed by atoms with van der Waals surface area (Å²) in [7, 11) is -3.69. The number of carbonyl (C=O) groups is 1. The summed E-state index contributed by atoms with van der Waals surface area (Å²) in [5.41, 5.74) is 2.28. The summed E-state index contributed by atoms with van der Waals surface area (Å²) in [5.74, 6) is 0.110. The summed E-state index contributed by atoms with van der Waals surface area (Å²) in [5, 5.41) is 2.76. The number of pyridine rings is 1. The number of hydrogen-bond donors (Lipinski definition) is 2. The first-order chi connectivity index (χ1) is 16.0. The molecular weight excluding hydrogens is 438 g/mol. The molecule has 0 aliphatic carbocycles. The second-order valence-corrected chi connectivity index (χ2v) is 8.79. The van der Waals surface area contributed by atoms with Crippen LogP contribution in [0.25, 0.3) is 0 Å². The lowest BCUT2D eigenvalue weighted by Crippen LogP contribution is -2.14. The molecule has 0 aliphatic rings. The number of anilines is 2. The van der Waals surface area contributed by atoms with Crippen molar-refractivity contribution in [2.45, 2.75) is 11.5 Å². The maximum Gasteiger partial charge on any atom is 0.261 e. The van der Waals surface area contributed by atoms with Gasteiger partial charge in [-0.3, -0.25) is 9.52 Å². The Balaban J connectivity index is 1.34. The average molecular weight is 460 g/mol. The summed E-state index contributed by atoms with van der Waals surface area (Å²) in [6, 6.07) is 27.4. The number of sulfonamides is 1. The lowest BCUT2D eigenvalue weighted by atomic mass is 10.2. The van der Waals surface area contributed by atoms with E-state index < -0.39 is 10.0 Å². The Morgan fingerprint density at radius 1 is 0.788 bits per heavy atom. The SMILES string of the molecule is O=C(Nc1ccc(OCc2ccccc2)nc1)c1ccc(NS(=O)(=O)c2ccccc2)cc1. The van der Waals surface area contributed by atoms with Crippen molar-refractivity contribution in [1.29, 1.82) is 0 Å². The van der Waals surface area contributed by atoms with E-state index in [0.717, 1.165) is 5.56 Å². The van der Waals surface area contributed by atoms with E-state index in [1.807, 2.05) is 30.3 Å². The Morgan fingerprint density at radius 3 is 2.06 bits per heavy atom. The standard InChI is InChI=1S/C25H21N3O4S/c29-25(27-22-15-16-24(26-17-22)32-18-19-7-3-1-4-8-19)20-11-13-21(14-12-20)28-33(30,31)23-9-5-2-6-10-23/h1-17,28H,18H2,(H,27,29). The van der Waals surface area contributed by atoms with Gasteiger partial charge in [0.15, 0.2) is 0 Å². The fourth-order valence-corrected chi connectivity index (χ4v) is 4.06. The zero-order valence-corrected chi connectivity index (χ0v) is 18.3. The monoisotopic (exact) mass is 459 g/mol. The van der Waals surface area contributed by atoms with Gasteiger partial charge in [0.05, 0.1) is 16.8 Å². The molecule has 0 spiro atoms. The Morgan fingerprint density at radius 2 is 1.42 bits per heavy atom. The zero-order chi connectivity index (χ0) is 23.1. The average Bonchev–Trinajstić information content (AvgIpc) is 2.85. The van der Waals surface area contributed by atoms with E-state index in [-0.39, 0.29) is 10.8 Å². The number of aromatic nitrogens is 1. The number of rotatable bonds is 8. The fraction of sp³-hybridized carbons (Fsp3) is 0.0400. The highest BCUT2D eigenvalue weighted by Crippen LogP contribution is 2.18. The molecule has 4 rings (SSSR count). The van der Waals surface area contributed by atoms with E-state index >= 15 is 0 Å². The van der Waals surface area contributed by atoms with E-state index in [9.17, 15) is 13.2 Å². The van der Waals surface area contributed by atoms with Gasteiger partial charge in [-0.1, -0.05) is 48.5 Å². The summed E-state index contributed by atoms with van der Waals surface area (Å²) >= 11 is 0. The summed E-state index contributed by atoms with van der Waals surface area (Å²) < 4.78 is 33.0. The number of ether oxygens (including phenoxy) is 1. The van der Waals surface area contributed by atoms with Gasteiger partial charge in [0.25, 0.3) is 15.9 Å². The summed E-state index contributed by atoms with van der Waals surface area (Å²) in [6.45, 7) is 0.403. The molecule has 0 unspecified atom stereocenters. The van der Waals surface area contributed by atoms with Crippen molar-refractivity contribution in [3.8, 4) is 5.88 Å². The van der Waals surface area contributed by atoms with Crippen LogP contribution in [0.2, 0.25) is 0 Å². The van der Waals surface area contributed by atoms with Crippen LogP contribution in [0.5, 0.6) is 5.88 Å². The third-order valence-electron chi connectivity index (χ3n) is 4.68. The smallest absolute Gasteiger partial charge is 0.261 e. The van der Waals surface area contributed by atoms with Crippen LogP contribution in [0.15, 0.2) is 108 Å². The van der Waals surface area contributed by atoms with E-state index in [2.05, 4.69) is 15.0 Å². The van der Waals surface area contributed by atoms with Crippen LogP contribution in [0.1, 0.15) is 15.9 Å². The van der Waals surface area contributed by atoms with Crippen LogP contribution in [0.4, 0.5) is 11.4 Å². The molecule has 1 amide bonds. The van der Waals surface area contributed by atoms with Gasteiger partial charge < -0.3 is 10.1 Å². The number of nitrogens with one attached hydrogen (secondary N) is 2. The topological polar surface area (TPSA) is 97.4 Å². The van der Waals surface area contributed by atoms with Crippen LogP contribution in [-0.2, 0) is 16.6 Å². The molecule has 2 N–H and O–H groups in total. The van der Waals surface area contributed by atoms with E-state index in [4.69, 9.17) is 4.74 Å². The maximum atomic E-state index is 12.5. The Labute approximate surface area is 192 Å². The van der Waals surface area contributed by atoms with Crippen molar-refractivity contribution in [3.63, 3.8) is 0 Å². The molecule has 1 heterocycles. The molecule has 1 aromatic heterocycles. The fourth-order valence-electron chi connectivity index (χ4n) is 2.98. The molecule has 3 aromatic carbocycles. The molecule has 0 saturated heterocycles. The van der Waals surface area contributed by atoms with Crippen LogP contribution in [-0.4, -0.2) is 19.3 Å². The quantitative estimate of drug-likeness (QED) is 0.398. The molecule has 0 fully saturated rings. The van der Waals surface area contributed by atoms with Crippen LogP contribution in [0, 0.1) is 0 Å². The second kappa shape index (κ2) is 9.97. The summed E-state index contributed by atoms with van der Waals surface area (Å²) in [4.78, 5) is 16.9. The number of carbonyl (C=O) groups excluding carboxylic acids is 1. The molecule has 4 aromatic rings. The van der Waals surface area contributed by atoms with Crippen LogP contribution < -0.4 is 14.8 Å². The Kier molecular flexibility index (Phi) is 6.66. The zero-order valence-electron chi connectivity index (χ0n) is 17.5. The minimum atomic E-state index is -3.69. The first-order valence-electron chi connectivity index (χ1n) is 10.1. The number of nitrogens with zero attached hydrogens (tertiary/aromatic N) is 1. The maximum absolute atomic E-state index is 12.5. The van der Waals surface area contributed by atoms with Gasteiger partial charge in [0.1, 0.15) is 6.61 Å². The normalized spacial score (nSPS) is 10.9. The van der Waals surface area contributed by atoms with E-state index in [0.29, 0.717) is 29.4 Å². The molecule has 8 heteroatoms. The lowest BCUT2D eigenvalue weighted by Gasteiger charge is -2.10. The molecular formula is C25H21N3O4S. The van der Waals surface area contributed by atoms with E-state index in [1.54, 1.807) is 42.5 Å². The third-order valence-corrected chi connectivity index (χ3v) is 6.07. The highest BCUT2D eigenvalue weighted by Gasteiger charge is 2.14. The lowest BCUT2D eigenvalue weighted by molar-refractivity contribution is 0.102. The van der Waals surface area contributed by atoms with Crippen LogP contribution in [0.3, 0.4) is 0 Å². The van der Waals surface area contributed by atoms with E-state index in [1.165, 1.54) is 30.5 Å². The highest BCUT2D eigenvalue weighted by atomic mass is 32.2. The van der Waals surface area contributed by atoms with Gasteiger partial charge in [-0.05, 0) is 48.0 Å². The molecule has 0 atom stereocenters. The molecule has 0 bridgehead atoms. The molecule has 0 saturated carbocycles. The summed E-state index contributed by atoms with van der Waals surface area (Å²) in [6.07, 6.45) is 1.51. The minimum absolute atomic E-state index is 0.163. The first-order valence-corrected chi connectivity index (χ1v) is 11.6. The molecule has 7 nitrogen and oxygen atoms in total. The van der Waals surface area contributed by atoms with Gasteiger partial charge in [-0.15, -0.1) is 0 Å².